The summed E-state index contributed by atoms with van der Waals surface area (Å²) in [7, 11) is 3.83. The van der Waals surface area contributed by atoms with Crippen LogP contribution in [0.1, 0.15) is 0 Å². The van der Waals surface area contributed by atoms with Crippen LogP contribution >= 0.6 is 0 Å². The fourth-order valence-electron chi connectivity index (χ4n) is 2.61. The molecule has 2 aliphatic heterocycles. The molecule has 3 N–H and O–H groups in total. The van der Waals surface area contributed by atoms with Crippen molar-refractivity contribution >= 4 is 0 Å². The van der Waals surface area contributed by atoms with Gasteiger partial charge in [0, 0.05) is 46.3 Å². The molecular weight excluding hydrogens is 261 g/mol. The number of morpholine rings is 1. The van der Waals surface area contributed by atoms with Gasteiger partial charge in [0.25, 0.3) is 0 Å². The second-order valence-electron chi connectivity index (χ2n) is 5.33. The molecule has 6 nitrogen and oxygen atoms in total. The number of nitrogens with two attached hydrogens (primary N) is 1. The van der Waals surface area contributed by atoms with Crippen molar-refractivity contribution in [2.45, 2.75) is 6.17 Å². The Morgan fingerprint density at radius 3 is 2.30 bits per heavy atom. The molecule has 0 amide bonds. The smallest absolute Gasteiger partial charge is 0.171 e. The molecule has 0 aliphatic carbocycles. The normalized spacial score (nSPS) is 25.3. The fraction of sp³-hybridized carbons (Fsp3) is 0.846. The van der Waals surface area contributed by atoms with E-state index in [1.807, 2.05) is 9.80 Å². The Labute approximate surface area is 120 Å². The lowest BCUT2D eigenvalue weighted by atomic mass is 10.2. The van der Waals surface area contributed by atoms with Gasteiger partial charge < -0.3 is 25.6 Å². The van der Waals surface area contributed by atoms with E-state index in [-0.39, 0.29) is 5.83 Å². The molecule has 0 aromatic heterocycles. The summed E-state index contributed by atoms with van der Waals surface area (Å²) in [4.78, 5) is 6.20. The average molecular weight is 287 g/mol. The lowest BCUT2D eigenvalue weighted by molar-refractivity contribution is 0.0196. The van der Waals surface area contributed by atoms with E-state index in [1.165, 1.54) is 0 Å². The first-order chi connectivity index (χ1) is 9.63. The number of likely N-dealkylation sites (N-methyl/N-ethyl adjacent to an activating group) is 1. The number of ether oxygens (including phenoxy) is 1. The van der Waals surface area contributed by atoms with Crippen molar-refractivity contribution in [3.8, 4) is 0 Å². The molecule has 0 saturated carbocycles. The largest absolute Gasteiger partial charge is 0.379 e. The quantitative estimate of drug-likeness (QED) is 0.707. The second-order valence-corrected chi connectivity index (χ2v) is 5.33. The molecule has 0 bridgehead atoms. The van der Waals surface area contributed by atoms with Crippen molar-refractivity contribution < 1.29 is 9.13 Å². The van der Waals surface area contributed by atoms with Gasteiger partial charge in [0.1, 0.15) is 12.0 Å². The van der Waals surface area contributed by atoms with Crippen molar-refractivity contribution in [2.75, 3.05) is 66.6 Å². The van der Waals surface area contributed by atoms with E-state index in [9.17, 15) is 4.39 Å². The van der Waals surface area contributed by atoms with Gasteiger partial charge in [0.2, 0.25) is 0 Å². The standard InChI is InChI=1S/C13H26FN5O/c1-16-13(19-5-3-17(2)4-6-19)11(14)12(15)18-7-9-20-10-8-18/h12,16H,3-10,15H2,1-2H3/b13-11-. The number of rotatable bonds is 4. The van der Waals surface area contributed by atoms with Crippen LogP contribution in [0, 0.1) is 0 Å². The lowest BCUT2D eigenvalue weighted by Crippen LogP contribution is -2.51. The maximum Gasteiger partial charge on any atom is 0.171 e. The monoisotopic (exact) mass is 287 g/mol. The van der Waals surface area contributed by atoms with E-state index in [4.69, 9.17) is 10.5 Å². The number of halogens is 1. The SMILES string of the molecule is CN/C(=C(/F)C(N)N1CCOCC1)N1CCN(C)CC1. The minimum absolute atomic E-state index is 0.279. The van der Waals surface area contributed by atoms with Crippen molar-refractivity contribution in [2.24, 2.45) is 5.73 Å². The maximum absolute atomic E-state index is 14.7. The summed E-state index contributed by atoms with van der Waals surface area (Å²) >= 11 is 0. The van der Waals surface area contributed by atoms with Crippen LogP contribution in [0.15, 0.2) is 11.6 Å². The van der Waals surface area contributed by atoms with Gasteiger partial charge in [0.05, 0.1) is 13.2 Å². The van der Waals surface area contributed by atoms with Gasteiger partial charge in [0.15, 0.2) is 5.83 Å². The van der Waals surface area contributed by atoms with E-state index in [2.05, 4.69) is 17.3 Å². The van der Waals surface area contributed by atoms with Gasteiger partial charge in [-0.05, 0) is 7.05 Å². The van der Waals surface area contributed by atoms with E-state index in [1.54, 1.807) is 7.05 Å². The zero-order valence-electron chi connectivity index (χ0n) is 12.4. The first kappa shape index (κ1) is 15.5. The summed E-state index contributed by atoms with van der Waals surface area (Å²) < 4.78 is 20.0. The topological polar surface area (TPSA) is 57.0 Å². The van der Waals surface area contributed by atoms with Crippen LogP contribution in [0.3, 0.4) is 0 Å². The molecule has 20 heavy (non-hydrogen) atoms. The van der Waals surface area contributed by atoms with Crippen molar-refractivity contribution in [1.29, 1.82) is 0 Å². The maximum atomic E-state index is 14.7. The number of nitrogens with zero attached hydrogens (tertiary/aromatic N) is 3. The molecule has 0 aromatic carbocycles. The fourth-order valence-corrected chi connectivity index (χ4v) is 2.61. The molecule has 0 radical (unpaired) electrons. The molecule has 1 atom stereocenters. The van der Waals surface area contributed by atoms with Gasteiger partial charge >= 0.3 is 0 Å². The van der Waals surface area contributed by atoms with Crippen LogP contribution in [-0.4, -0.2) is 87.4 Å². The van der Waals surface area contributed by atoms with Crippen LogP contribution in [0.5, 0.6) is 0 Å². The molecule has 1 unspecified atom stereocenters. The highest BCUT2D eigenvalue weighted by atomic mass is 19.1. The Hall–Kier alpha value is -0.890. The first-order valence-corrected chi connectivity index (χ1v) is 7.21. The lowest BCUT2D eigenvalue weighted by Gasteiger charge is -2.37. The van der Waals surface area contributed by atoms with Crippen LogP contribution in [-0.2, 0) is 4.74 Å². The number of hydrogen-bond acceptors (Lipinski definition) is 6. The van der Waals surface area contributed by atoms with E-state index < -0.39 is 6.17 Å². The molecule has 2 fully saturated rings. The third-order valence-corrected chi connectivity index (χ3v) is 3.98. The summed E-state index contributed by atoms with van der Waals surface area (Å²) in [5.41, 5.74) is 6.06. The van der Waals surface area contributed by atoms with Crippen molar-refractivity contribution in [3.63, 3.8) is 0 Å². The predicted molar refractivity (Wildman–Crippen MR) is 76.6 cm³/mol. The Balaban J connectivity index is 2.05. The molecule has 2 aliphatic rings. The molecule has 2 saturated heterocycles. The Bertz CT molecular complexity index is 338. The van der Waals surface area contributed by atoms with Crippen LogP contribution in [0.4, 0.5) is 4.39 Å². The summed E-state index contributed by atoms with van der Waals surface area (Å²) in [5, 5.41) is 2.98. The van der Waals surface area contributed by atoms with Crippen LogP contribution in [0.25, 0.3) is 0 Å². The highest BCUT2D eigenvalue weighted by Gasteiger charge is 2.26. The van der Waals surface area contributed by atoms with Gasteiger partial charge in [-0.25, -0.2) is 4.39 Å². The average Bonchev–Trinajstić information content (AvgIpc) is 2.50. The Morgan fingerprint density at radius 1 is 1.15 bits per heavy atom. The minimum Gasteiger partial charge on any atom is -0.379 e. The second kappa shape index (κ2) is 7.21. The Morgan fingerprint density at radius 2 is 1.75 bits per heavy atom. The summed E-state index contributed by atoms with van der Waals surface area (Å²) in [6, 6.07) is 0. The summed E-state index contributed by atoms with van der Waals surface area (Å²) in [6.45, 7) is 6.08. The van der Waals surface area contributed by atoms with E-state index in [0.29, 0.717) is 32.1 Å². The number of piperazine rings is 1. The summed E-state index contributed by atoms with van der Waals surface area (Å²) in [6.07, 6.45) is -0.694. The third kappa shape index (κ3) is 3.60. The molecule has 2 heterocycles. The predicted octanol–water partition coefficient (Wildman–Crippen LogP) is -0.791. The highest BCUT2D eigenvalue weighted by molar-refractivity contribution is 5.11. The minimum atomic E-state index is -0.694. The van der Waals surface area contributed by atoms with E-state index in [0.717, 1.165) is 26.2 Å². The molecular formula is C13H26FN5O. The van der Waals surface area contributed by atoms with E-state index >= 15 is 0 Å². The Kier molecular flexibility index (Phi) is 5.59. The molecule has 2 rings (SSSR count). The first-order valence-electron chi connectivity index (χ1n) is 7.21. The summed E-state index contributed by atoms with van der Waals surface area (Å²) in [5.74, 6) is 0.246. The molecule has 7 heteroatoms. The van der Waals surface area contributed by atoms with Crippen molar-refractivity contribution in [1.82, 2.24) is 20.0 Å². The molecule has 0 spiro atoms. The van der Waals surface area contributed by atoms with Crippen LogP contribution in [0.2, 0.25) is 0 Å². The number of nitrogens with one attached hydrogen (secondary N) is 1. The van der Waals surface area contributed by atoms with Crippen LogP contribution < -0.4 is 11.1 Å². The molecule has 116 valence electrons. The van der Waals surface area contributed by atoms with Gasteiger partial charge in [-0.1, -0.05) is 0 Å². The van der Waals surface area contributed by atoms with Gasteiger partial charge in [-0.3, -0.25) is 4.90 Å². The zero-order chi connectivity index (χ0) is 14.5. The van der Waals surface area contributed by atoms with Gasteiger partial charge in [-0.15, -0.1) is 0 Å². The number of hydrogen-bond donors (Lipinski definition) is 2. The zero-order valence-corrected chi connectivity index (χ0v) is 12.4. The highest BCUT2D eigenvalue weighted by Crippen LogP contribution is 2.17. The molecule has 0 aromatic rings. The van der Waals surface area contributed by atoms with Crippen molar-refractivity contribution in [3.05, 3.63) is 11.6 Å². The third-order valence-electron chi connectivity index (χ3n) is 3.98. The van der Waals surface area contributed by atoms with Gasteiger partial charge in [-0.2, -0.15) is 0 Å².